The topological polar surface area (TPSA) is 74.2 Å². The van der Waals surface area contributed by atoms with Gasteiger partial charge in [-0.2, -0.15) is 0 Å². The summed E-state index contributed by atoms with van der Waals surface area (Å²) in [5.74, 6) is 0.787. The highest BCUT2D eigenvalue weighted by Crippen LogP contribution is 2.26. The molecule has 0 aliphatic carbocycles. The van der Waals surface area contributed by atoms with Gasteiger partial charge in [0, 0.05) is 6.07 Å². The average Bonchev–Trinajstić information content (AvgIpc) is 2.55. The van der Waals surface area contributed by atoms with Crippen molar-refractivity contribution in [3.8, 4) is 23.0 Å². The normalized spacial score (nSPS) is 11.4. The number of ether oxygens (including phenoxy) is 3. The standard InChI is InChI=1S/C16H16O6/c1-11(20-12-6-5-7-13(10-12)22-18)16(17)21-15-9-4-3-8-14(15)19-2/h3-11,18H,1-2H3. The number of benzene rings is 2. The van der Waals surface area contributed by atoms with Crippen LogP contribution in [0.4, 0.5) is 0 Å². The summed E-state index contributed by atoms with van der Waals surface area (Å²) < 4.78 is 15.8. The minimum absolute atomic E-state index is 0.211. The third-order valence-electron chi connectivity index (χ3n) is 2.84. The van der Waals surface area contributed by atoms with Crippen LogP contribution in [0.15, 0.2) is 48.5 Å². The zero-order valence-corrected chi connectivity index (χ0v) is 12.2. The molecule has 0 fully saturated rings. The van der Waals surface area contributed by atoms with Gasteiger partial charge in [0.1, 0.15) is 5.75 Å². The molecule has 6 nitrogen and oxygen atoms in total. The van der Waals surface area contributed by atoms with Gasteiger partial charge in [-0.1, -0.05) is 18.2 Å². The number of methoxy groups -OCH3 is 1. The number of carbonyl (C=O) groups excluding carboxylic acids is 1. The summed E-state index contributed by atoms with van der Waals surface area (Å²) in [6, 6.07) is 13.1. The van der Waals surface area contributed by atoms with Gasteiger partial charge in [0.25, 0.3) is 0 Å². The van der Waals surface area contributed by atoms with Gasteiger partial charge in [-0.3, -0.25) is 0 Å². The molecular formula is C16H16O6. The van der Waals surface area contributed by atoms with Crippen molar-refractivity contribution in [1.82, 2.24) is 0 Å². The summed E-state index contributed by atoms with van der Waals surface area (Å²) in [5.41, 5.74) is 0. The molecule has 0 aromatic heterocycles. The van der Waals surface area contributed by atoms with Gasteiger partial charge in [-0.25, -0.2) is 10.1 Å². The zero-order valence-electron chi connectivity index (χ0n) is 12.2. The molecule has 2 aromatic carbocycles. The van der Waals surface area contributed by atoms with E-state index in [1.807, 2.05) is 0 Å². The molecular weight excluding hydrogens is 288 g/mol. The van der Waals surface area contributed by atoms with Gasteiger partial charge in [0.15, 0.2) is 23.4 Å². The second-order valence-corrected chi connectivity index (χ2v) is 4.40. The second kappa shape index (κ2) is 7.33. The fraction of sp³-hybridized carbons (Fsp3) is 0.188. The Hall–Kier alpha value is -2.73. The van der Waals surface area contributed by atoms with Gasteiger partial charge in [-0.15, -0.1) is 0 Å². The highest BCUT2D eigenvalue weighted by atomic mass is 17.1. The lowest BCUT2D eigenvalue weighted by Crippen LogP contribution is -2.28. The van der Waals surface area contributed by atoms with Crippen LogP contribution in [0.5, 0.6) is 23.0 Å². The molecule has 0 radical (unpaired) electrons. The van der Waals surface area contributed by atoms with E-state index in [-0.39, 0.29) is 5.75 Å². The smallest absolute Gasteiger partial charge is 0.352 e. The maximum Gasteiger partial charge on any atom is 0.352 e. The number of carbonyl (C=O) groups is 1. The highest BCUT2D eigenvalue weighted by molar-refractivity contribution is 5.77. The Morgan fingerprint density at radius 1 is 1.05 bits per heavy atom. The van der Waals surface area contributed by atoms with Gasteiger partial charge in [-0.05, 0) is 31.2 Å². The third-order valence-corrected chi connectivity index (χ3v) is 2.84. The first-order chi connectivity index (χ1) is 10.6. The summed E-state index contributed by atoms with van der Waals surface area (Å²) >= 11 is 0. The van der Waals surface area contributed by atoms with Crippen molar-refractivity contribution in [2.24, 2.45) is 0 Å². The van der Waals surface area contributed by atoms with Crippen LogP contribution in [0, 0.1) is 0 Å². The summed E-state index contributed by atoms with van der Waals surface area (Å²) in [6.45, 7) is 1.56. The van der Waals surface area contributed by atoms with E-state index in [9.17, 15) is 4.79 Å². The van der Waals surface area contributed by atoms with Crippen molar-refractivity contribution in [3.05, 3.63) is 48.5 Å². The maximum absolute atomic E-state index is 12.1. The molecule has 116 valence electrons. The van der Waals surface area contributed by atoms with E-state index in [1.165, 1.54) is 13.2 Å². The Labute approximate surface area is 127 Å². The van der Waals surface area contributed by atoms with Crippen LogP contribution in [-0.2, 0) is 4.79 Å². The summed E-state index contributed by atoms with van der Waals surface area (Å²) in [5, 5.41) is 8.60. The van der Waals surface area contributed by atoms with Crippen LogP contribution >= 0.6 is 0 Å². The lowest BCUT2D eigenvalue weighted by molar-refractivity contribution is -0.141. The Bertz CT molecular complexity index is 640. The van der Waals surface area contributed by atoms with Crippen molar-refractivity contribution >= 4 is 5.97 Å². The predicted octanol–water partition coefficient (Wildman–Crippen LogP) is 2.92. The second-order valence-electron chi connectivity index (χ2n) is 4.40. The van der Waals surface area contributed by atoms with E-state index in [2.05, 4.69) is 4.89 Å². The Morgan fingerprint density at radius 2 is 1.73 bits per heavy atom. The van der Waals surface area contributed by atoms with Crippen LogP contribution < -0.4 is 19.1 Å². The van der Waals surface area contributed by atoms with Crippen LogP contribution in [0.1, 0.15) is 6.92 Å². The molecule has 0 bridgehead atoms. The molecule has 2 aromatic rings. The summed E-state index contributed by atoms with van der Waals surface area (Å²) in [7, 11) is 1.49. The van der Waals surface area contributed by atoms with Gasteiger partial charge < -0.3 is 19.1 Å². The number of hydrogen-bond donors (Lipinski definition) is 1. The monoisotopic (exact) mass is 304 g/mol. The van der Waals surface area contributed by atoms with E-state index in [0.717, 1.165) is 0 Å². The molecule has 0 spiro atoms. The Morgan fingerprint density at radius 3 is 2.41 bits per heavy atom. The van der Waals surface area contributed by atoms with Crippen molar-refractivity contribution < 1.29 is 29.1 Å². The first-order valence-corrected chi connectivity index (χ1v) is 6.57. The molecule has 0 amide bonds. The molecule has 1 unspecified atom stereocenters. The minimum Gasteiger partial charge on any atom is -0.493 e. The number of para-hydroxylation sites is 2. The van der Waals surface area contributed by atoms with E-state index < -0.39 is 12.1 Å². The van der Waals surface area contributed by atoms with Crippen molar-refractivity contribution in [1.29, 1.82) is 0 Å². The van der Waals surface area contributed by atoms with Crippen LogP contribution in [0.2, 0.25) is 0 Å². The average molecular weight is 304 g/mol. The van der Waals surface area contributed by atoms with Gasteiger partial charge in [0.2, 0.25) is 0 Å². The first-order valence-electron chi connectivity index (χ1n) is 6.57. The number of rotatable bonds is 6. The van der Waals surface area contributed by atoms with E-state index >= 15 is 0 Å². The molecule has 0 saturated heterocycles. The minimum atomic E-state index is -0.848. The fourth-order valence-electron chi connectivity index (χ4n) is 1.75. The molecule has 2 rings (SSSR count). The predicted molar refractivity (Wildman–Crippen MR) is 78.4 cm³/mol. The van der Waals surface area contributed by atoms with Crippen molar-refractivity contribution in [2.45, 2.75) is 13.0 Å². The molecule has 0 heterocycles. The van der Waals surface area contributed by atoms with Crippen LogP contribution in [0.3, 0.4) is 0 Å². The summed E-state index contributed by atoms with van der Waals surface area (Å²) in [6.07, 6.45) is -0.848. The third kappa shape index (κ3) is 3.89. The number of hydrogen-bond acceptors (Lipinski definition) is 6. The fourth-order valence-corrected chi connectivity index (χ4v) is 1.75. The largest absolute Gasteiger partial charge is 0.493 e. The lowest BCUT2D eigenvalue weighted by atomic mass is 10.3. The Kier molecular flexibility index (Phi) is 5.21. The van der Waals surface area contributed by atoms with Crippen LogP contribution in [0.25, 0.3) is 0 Å². The van der Waals surface area contributed by atoms with E-state index in [4.69, 9.17) is 19.5 Å². The van der Waals surface area contributed by atoms with Gasteiger partial charge in [0.05, 0.1) is 7.11 Å². The molecule has 22 heavy (non-hydrogen) atoms. The lowest BCUT2D eigenvalue weighted by Gasteiger charge is -2.15. The zero-order chi connectivity index (χ0) is 15.9. The summed E-state index contributed by atoms with van der Waals surface area (Å²) in [4.78, 5) is 16.2. The van der Waals surface area contributed by atoms with Crippen molar-refractivity contribution in [3.63, 3.8) is 0 Å². The maximum atomic E-state index is 12.1. The van der Waals surface area contributed by atoms with Crippen molar-refractivity contribution in [2.75, 3.05) is 7.11 Å². The van der Waals surface area contributed by atoms with E-state index in [0.29, 0.717) is 17.2 Å². The first kappa shape index (κ1) is 15.7. The van der Waals surface area contributed by atoms with Crippen LogP contribution in [-0.4, -0.2) is 24.4 Å². The molecule has 1 N–H and O–H groups in total. The quantitative estimate of drug-likeness (QED) is 0.383. The highest BCUT2D eigenvalue weighted by Gasteiger charge is 2.19. The SMILES string of the molecule is COc1ccccc1OC(=O)C(C)Oc1cccc(OO)c1. The van der Waals surface area contributed by atoms with E-state index in [1.54, 1.807) is 49.4 Å². The Balaban J connectivity index is 2.02. The molecule has 0 saturated carbocycles. The molecule has 0 aliphatic heterocycles. The molecule has 6 heteroatoms. The van der Waals surface area contributed by atoms with Gasteiger partial charge >= 0.3 is 5.97 Å². The molecule has 0 aliphatic rings. The number of esters is 1. The molecule has 1 atom stereocenters.